The van der Waals surface area contributed by atoms with Gasteiger partial charge in [-0.3, -0.25) is 4.79 Å². The van der Waals surface area contributed by atoms with E-state index in [-0.39, 0.29) is 17.4 Å². The van der Waals surface area contributed by atoms with Crippen LogP contribution in [0.2, 0.25) is 0 Å². The number of alkyl halides is 3. The number of aromatic nitrogens is 1. The number of hydrogen-bond acceptors (Lipinski definition) is 5. The minimum absolute atomic E-state index is 0.145. The Balaban J connectivity index is 1.63. The van der Waals surface area contributed by atoms with Crippen LogP contribution in [0.25, 0.3) is 10.8 Å². The number of nitrogens with zero attached hydrogens (tertiary/aromatic N) is 1. The first-order chi connectivity index (χ1) is 18.0. The number of ether oxygens (including phenoxy) is 2. The van der Waals surface area contributed by atoms with Gasteiger partial charge in [-0.15, -0.1) is 13.2 Å². The molecule has 1 aromatic heterocycles. The zero-order valence-corrected chi connectivity index (χ0v) is 21.0. The van der Waals surface area contributed by atoms with Crippen molar-refractivity contribution in [1.82, 2.24) is 10.3 Å². The third-order valence-corrected chi connectivity index (χ3v) is 6.59. The first kappa shape index (κ1) is 27.2. The molecule has 4 rings (SSSR count). The highest BCUT2D eigenvalue weighted by Gasteiger charge is 2.31. The molecule has 2 N–H and O–H groups in total. The molecule has 0 spiro atoms. The van der Waals surface area contributed by atoms with E-state index in [9.17, 15) is 27.9 Å². The fourth-order valence-corrected chi connectivity index (χ4v) is 4.69. The Bertz CT molecular complexity index is 1300. The van der Waals surface area contributed by atoms with Crippen molar-refractivity contribution in [3.05, 3.63) is 59.9 Å². The van der Waals surface area contributed by atoms with Gasteiger partial charge in [0, 0.05) is 11.1 Å². The van der Waals surface area contributed by atoms with E-state index >= 15 is 0 Å². The molecule has 1 atom stereocenters. The number of nitrogens with one attached hydrogen (secondary N) is 1. The van der Waals surface area contributed by atoms with Gasteiger partial charge in [0.05, 0.1) is 0 Å². The molecule has 0 bridgehead atoms. The number of carboxylic acid groups (broad SMARTS) is 1. The lowest BCUT2D eigenvalue weighted by Gasteiger charge is -2.19. The molecule has 202 valence electrons. The van der Waals surface area contributed by atoms with Crippen LogP contribution in [-0.4, -0.2) is 34.4 Å². The van der Waals surface area contributed by atoms with Gasteiger partial charge in [0.2, 0.25) is 0 Å². The lowest BCUT2D eigenvalue weighted by molar-refractivity contribution is -0.274. The standard InChI is InChI=1S/C28H29F3N2O5/c1-16(2)25(27(35)36)33-26(34)24-14-18-7-8-21(15-22(18)23(32-24)13-17-5-3-4-6-17)37-19-9-11-20(12-10-19)38-28(29,30)31/h7-12,14-17,25H,3-6,13H2,1-2H3,(H,33,34)(H,35,36)/t25-/m0/s1. The number of rotatable bonds is 9. The van der Waals surface area contributed by atoms with Crippen LogP contribution in [0.15, 0.2) is 48.5 Å². The summed E-state index contributed by atoms with van der Waals surface area (Å²) in [5.74, 6) is -1.10. The average Bonchev–Trinajstić information content (AvgIpc) is 3.35. The summed E-state index contributed by atoms with van der Waals surface area (Å²) in [6, 6.07) is 10.9. The minimum Gasteiger partial charge on any atom is -0.480 e. The maximum absolute atomic E-state index is 13.0. The molecule has 1 saturated carbocycles. The van der Waals surface area contributed by atoms with Crippen molar-refractivity contribution in [3.8, 4) is 17.2 Å². The molecule has 1 amide bonds. The number of pyridine rings is 1. The topological polar surface area (TPSA) is 97.8 Å². The van der Waals surface area contributed by atoms with Gasteiger partial charge in [-0.05, 0) is 66.1 Å². The molecule has 1 heterocycles. The molecule has 0 aliphatic heterocycles. The van der Waals surface area contributed by atoms with E-state index in [0.717, 1.165) is 42.1 Å². The summed E-state index contributed by atoms with van der Waals surface area (Å²) in [5, 5.41) is 13.6. The van der Waals surface area contributed by atoms with Crippen LogP contribution >= 0.6 is 0 Å². The summed E-state index contributed by atoms with van der Waals surface area (Å²) in [7, 11) is 0. The molecule has 0 radical (unpaired) electrons. The Morgan fingerprint density at radius 2 is 1.66 bits per heavy atom. The highest BCUT2D eigenvalue weighted by atomic mass is 19.4. The Kier molecular flexibility index (Phi) is 8.08. The van der Waals surface area contributed by atoms with Gasteiger partial charge in [0.15, 0.2) is 0 Å². The summed E-state index contributed by atoms with van der Waals surface area (Å²) in [6.45, 7) is 3.44. The van der Waals surface area contributed by atoms with Crippen molar-refractivity contribution in [2.24, 2.45) is 11.8 Å². The maximum atomic E-state index is 13.0. The third kappa shape index (κ3) is 6.93. The van der Waals surface area contributed by atoms with Gasteiger partial charge in [-0.2, -0.15) is 0 Å². The van der Waals surface area contributed by atoms with Crippen LogP contribution in [0.1, 0.15) is 55.7 Å². The molecule has 2 aromatic carbocycles. The molecule has 1 fully saturated rings. The number of aliphatic carboxylic acids is 1. The molecular formula is C28H29F3N2O5. The largest absolute Gasteiger partial charge is 0.573 e. The van der Waals surface area contributed by atoms with E-state index in [1.807, 2.05) is 0 Å². The van der Waals surface area contributed by atoms with Crippen molar-refractivity contribution in [3.63, 3.8) is 0 Å². The number of hydrogen-bond donors (Lipinski definition) is 2. The van der Waals surface area contributed by atoms with Crippen molar-refractivity contribution < 1.29 is 37.3 Å². The molecule has 7 nitrogen and oxygen atoms in total. The predicted octanol–water partition coefficient (Wildman–Crippen LogP) is 6.50. The number of amides is 1. The Hall–Kier alpha value is -3.82. The highest BCUT2D eigenvalue weighted by Crippen LogP contribution is 2.33. The van der Waals surface area contributed by atoms with Crippen LogP contribution in [-0.2, 0) is 11.2 Å². The average molecular weight is 531 g/mol. The summed E-state index contributed by atoms with van der Waals surface area (Å²) in [4.78, 5) is 29.2. The lowest BCUT2D eigenvalue weighted by Crippen LogP contribution is -2.44. The number of benzene rings is 2. The fraction of sp³-hybridized carbons (Fsp3) is 0.393. The van der Waals surface area contributed by atoms with Crippen LogP contribution < -0.4 is 14.8 Å². The smallest absolute Gasteiger partial charge is 0.480 e. The second kappa shape index (κ2) is 11.3. The number of halogens is 3. The third-order valence-electron chi connectivity index (χ3n) is 6.59. The fourth-order valence-electron chi connectivity index (χ4n) is 4.69. The zero-order chi connectivity index (χ0) is 27.4. The minimum atomic E-state index is -4.78. The van der Waals surface area contributed by atoms with Gasteiger partial charge in [-0.25, -0.2) is 9.78 Å². The van der Waals surface area contributed by atoms with Gasteiger partial charge < -0.3 is 19.9 Å². The van der Waals surface area contributed by atoms with Gasteiger partial charge >= 0.3 is 12.3 Å². The van der Waals surface area contributed by atoms with Crippen molar-refractivity contribution in [1.29, 1.82) is 0 Å². The summed E-state index contributed by atoms with van der Waals surface area (Å²) < 4.78 is 47.0. The van der Waals surface area contributed by atoms with Crippen molar-refractivity contribution >= 4 is 22.6 Å². The quantitative estimate of drug-likeness (QED) is 0.328. The molecule has 10 heteroatoms. The molecular weight excluding hydrogens is 501 g/mol. The first-order valence-electron chi connectivity index (χ1n) is 12.5. The van der Waals surface area contributed by atoms with Crippen LogP contribution in [0, 0.1) is 11.8 Å². The predicted molar refractivity (Wildman–Crippen MR) is 134 cm³/mol. The van der Waals surface area contributed by atoms with Crippen molar-refractivity contribution in [2.75, 3.05) is 0 Å². The Morgan fingerprint density at radius 3 is 2.26 bits per heavy atom. The zero-order valence-electron chi connectivity index (χ0n) is 21.0. The molecule has 3 aromatic rings. The number of carbonyl (C=O) groups excluding carboxylic acids is 1. The summed E-state index contributed by atoms with van der Waals surface area (Å²) in [5.41, 5.74) is 0.863. The summed E-state index contributed by atoms with van der Waals surface area (Å²) >= 11 is 0. The Morgan fingerprint density at radius 1 is 1.03 bits per heavy atom. The SMILES string of the molecule is CC(C)[C@H](NC(=O)c1cc2ccc(Oc3ccc(OC(F)(F)F)cc3)cc2c(CC2CCCC2)n1)C(=O)O. The van der Waals surface area contributed by atoms with E-state index < -0.39 is 24.3 Å². The van der Waals surface area contributed by atoms with Crippen LogP contribution in [0.4, 0.5) is 13.2 Å². The van der Waals surface area contributed by atoms with E-state index in [1.54, 1.807) is 38.1 Å². The molecule has 0 unspecified atom stereocenters. The van der Waals surface area contributed by atoms with Gasteiger partial charge in [0.1, 0.15) is 29.0 Å². The van der Waals surface area contributed by atoms with Crippen LogP contribution in [0.3, 0.4) is 0 Å². The van der Waals surface area contributed by atoms with Gasteiger partial charge in [-0.1, -0.05) is 45.6 Å². The molecule has 1 aliphatic carbocycles. The lowest BCUT2D eigenvalue weighted by atomic mass is 9.97. The molecule has 0 saturated heterocycles. The number of carbonyl (C=O) groups is 2. The monoisotopic (exact) mass is 530 g/mol. The van der Waals surface area contributed by atoms with Gasteiger partial charge in [0.25, 0.3) is 5.91 Å². The highest BCUT2D eigenvalue weighted by molar-refractivity contribution is 5.99. The van der Waals surface area contributed by atoms with E-state index in [4.69, 9.17) is 4.74 Å². The Labute approximate surface area is 218 Å². The first-order valence-corrected chi connectivity index (χ1v) is 12.5. The van der Waals surface area contributed by atoms with E-state index in [2.05, 4.69) is 15.0 Å². The molecule has 38 heavy (non-hydrogen) atoms. The van der Waals surface area contributed by atoms with E-state index in [0.29, 0.717) is 23.8 Å². The molecule has 1 aliphatic rings. The second-order valence-electron chi connectivity index (χ2n) is 9.85. The van der Waals surface area contributed by atoms with Crippen molar-refractivity contribution in [2.45, 2.75) is 58.4 Å². The van der Waals surface area contributed by atoms with Crippen LogP contribution in [0.5, 0.6) is 17.2 Å². The number of fused-ring (bicyclic) bond motifs is 1. The second-order valence-corrected chi connectivity index (χ2v) is 9.85. The normalized spacial score (nSPS) is 15.0. The summed E-state index contributed by atoms with van der Waals surface area (Å²) in [6.07, 6.45) is 0.298. The van der Waals surface area contributed by atoms with E-state index in [1.165, 1.54) is 24.3 Å². The maximum Gasteiger partial charge on any atom is 0.573 e. The number of carboxylic acids is 1.